The van der Waals surface area contributed by atoms with E-state index in [1.54, 1.807) is 0 Å². The van der Waals surface area contributed by atoms with Crippen molar-refractivity contribution in [1.82, 2.24) is 0 Å². The van der Waals surface area contributed by atoms with Gasteiger partial charge >= 0.3 is 10.4 Å². The molecule has 1 N–H and O–H groups in total. The molecular weight excluding hydrogens is 264 g/mol. The highest BCUT2D eigenvalue weighted by molar-refractivity contribution is 7.80. The summed E-state index contributed by atoms with van der Waals surface area (Å²) < 4.78 is 33.1. The highest BCUT2D eigenvalue weighted by atomic mass is 35.5. The topological polar surface area (TPSA) is 63.6 Å². The molecule has 4 nitrogen and oxygen atoms in total. The van der Waals surface area contributed by atoms with Gasteiger partial charge in [-0.05, 0) is 6.42 Å². The van der Waals surface area contributed by atoms with Crippen LogP contribution in [0.25, 0.3) is 0 Å². The van der Waals surface area contributed by atoms with Gasteiger partial charge in [0.2, 0.25) is 0 Å². The molecule has 1 atom stereocenters. The molecule has 0 aromatic rings. The van der Waals surface area contributed by atoms with Crippen LogP contribution in [-0.2, 0) is 14.6 Å². The van der Waals surface area contributed by atoms with Crippen LogP contribution in [0, 0.1) is 0 Å². The largest absolute Gasteiger partial charge is 0.397 e. The third kappa shape index (κ3) is 14.1. The van der Waals surface area contributed by atoms with Crippen molar-refractivity contribution < 1.29 is 17.2 Å². The normalized spacial score (nSPS) is 13.8. The van der Waals surface area contributed by atoms with Crippen LogP contribution in [0.2, 0.25) is 0 Å². The molecule has 0 aliphatic heterocycles. The van der Waals surface area contributed by atoms with E-state index in [1.165, 1.54) is 32.1 Å². The van der Waals surface area contributed by atoms with Crippen LogP contribution in [0.3, 0.4) is 0 Å². The van der Waals surface area contributed by atoms with E-state index in [4.69, 9.17) is 16.2 Å². The Morgan fingerprint density at radius 1 is 1.12 bits per heavy atom. The minimum absolute atomic E-state index is 0.157. The van der Waals surface area contributed by atoms with Crippen LogP contribution in [0.5, 0.6) is 0 Å². The molecule has 0 aromatic heterocycles. The lowest BCUT2D eigenvalue weighted by atomic mass is 10.1. The summed E-state index contributed by atoms with van der Waals surface area (Å²) in [6.45, 7) is 2.03. The van der Waals surface area contributed by atoms with Crippen molar-refractivity contribution in [2.24, 2.45) is 0 Å². The zero-order chi connectivity index (χ0) is 13.1. The van der Waals surface area contributed by atoms with Crippen molar-refractivity contribution in [3.05, 3.63) is 0 Å². The van der Waals surface area contributed by atoms with E-state index in [0.29, 0.717) is 6.42 Å². The zero-order valence-electron chi connectivity index (χ0n) is 10.4. The maximum atomic E-state index is 10.3. The van der Waals surface area contributed by atoms with Crippen molar-refractivity contribution in [1.29, 1.82) is 0 Å². The molecule has 0 rings (SSSR count). The lowest BCUT2D eigenvalue weighted by molar-refractivity contribution is 0.263. The van der Waals surface area contributed by atoms with Crippen molar-refractivity contribution >= 4 is 22.0 Å². The van der Waals surface area contributed by atoms with Gasteiger partial charge in [0.05, 0.1) is 12.0 Å². The van der Waals surface area contributed by atoms with Crippen molar-refractivity contribution in [2.75, 3.05) is 6.61 Å². The Labute approximate surface area is 110 Å². The second-order valence-electron chi connectivity index (χ2n) is 4.22. The summed E-state index contributed by atoms with van der Waals surface area (Å²) in [5.74, 6) is 0. The van der Waals surface area contributed by atoms with Gasteiger partial charge in [-0.1, -0.05) is 51.9 Å². The van der Waals surface area contributed by atoms with Gasteiger partial charge in [-0.3, -0.25) is 4.55 Å². The van der Waals surface area contributed by atoms with Gasteiger partial charge in [0.1, 0.15) is 0 Å². The number of halogens is 1. The van der Waals surface area contributed by atoms with Gasteiger partial charge in [0.25, 0.3) is 0 Å². The predicted molar refractivity (Wildman–Crippen MR) is 69.8 cm³/mol. The summed E-state index contributed by atoms with van der Waals surface area (Å²) in [4.78, 5) is 0. The van der Waals surface area contributed by atoms with E-state index in [0.717, 1.165) is 12.8 Å². The molecule has 0 bridgehead atoms. The Kier molecular flexibility index (Phi) is 10.2. The van der Waals surface area contributed by atoms with Crippen LogP contribution >= 0.6 is 11.6 Å². The van der Waals surface area contributed by atoms with Crippen LogP contribution < -0.4 is 0 Å². The van der Waals surface area contributed by atoms with E-state index in [1.807, 2.05) is 0 Å². The Balaban J connectivity index is 3.30. The Hall–Kier alpha value is 0.160. The molecule has 0 aliphatic carbocycles. The molecule has 0 aromatic carbocycles. The quantitative estimate of drug-likeness (QED) is 0.358. The summed E-state index contributed by atoms with van der Waals surface area (Å²) in [5, 5.41) is -0.354. The fourth-order valence-electron chi connectivity index (χ4n) is 1.57. The average Bonchev–Trinajstić information content (AvgIpc) is 2.24. The zero-order valence-corrected chi connectivity index (χ0v) is 12.0. The van der Waals surface area contributed by atoms with Crippen molar-refractivity contribution in [2.45, 2.75) is 63.7 Å². The predicted octanol–water partition coefficient (Wildman–Crippen LogP) is 3.55. The second-order valence-corrected chi connectivity index (χ2v) is 5.93. The van der Waals surface area contributed by atoms with Gasteiger partial charge in [-0.15, -0.1) is 11.6 Å². The molecule has 0 saturated heterocycles. The lowest BCUT2D eigenvalue weighted by Gasteiger charge is -2.07. The SMILES string of the molecule is CCCCCCCCCC(Cl)COS(=O)(=O)O. The van der Waals surface area contributed by atoms with E-state index < -0.39 is 10.4 Å². The number of hydrogen-bond acceptors (Lipinski definition) is 3. The van der Waals surface area contributed by atoms with Gasteiger partial charge in [-0.25, -0.2) is 4.18 Å². The first-order valence-corrected chi connectivity index (χ1v) is 8.01. The fourth-order valence-corrected chi connectivity index (χ4v) is 2.19. The maximum Gasteiger partial charge on any atom is 0.397 e. The summed E-state index contributed by atoms with van der Waals surface area (Å²) >= 11 is 5.85. The monoisotopic (exact) mass is 286 g/mol. The number of alkyl halides is 1. The molecule has 0 saturated carbocycles. The summed E-state index contributed by atoms with van der Waals surface area (Å²) in [7, 11) is -4.35. The van der Waals surface area contributed by atoms with E-state index in [-0.39, 0.29) is 12.0 Å². The first kappa shape index (κ1) is 17.2. The second kappa shape index (κ2) is 10.1. The highest BCUT2D eigenvalue weighted by Crippen LogP contribution is 2.13. The molecule has 104 valence electrons. The molecule has 0 fully saturated rings. The van der Waals surface area contributed by atoms with Crippen LogP contribution in [0.15, 0.2) is 0 Å². The van der Waals surface area contributed by atoms with Crippen LogP contribution in [0.4, 0.5) is 0 Å². The third-order valence-electron chi connectivity index (χ3n) is 2.52. The molecule has 6 heteroatoms. The Morgan fingerprint density at radius 2 is 1.65 bits per heavy atom. The summed E-state index contributed by atoms with van der Waals surface area (Å²) in [6, 6.07) is 0. The van der Waals surface area contributed by atoms with E-state index in [9.17, 15) is 8.42 Å². The number of hydrogen-bond donors (Lipinski definition) is 1. The summed E-state index contributed by atoms with van der Waals surface area (Å²) in [5.41, 5.74) is 0. The maximum absolute atomic E-state index is 10.3. The van der Waals surface area contributed by atoms with E-state index in [2.05, 4.69) is 11.1 Å². The van der Waals surface area contributed by atoms with Crippen LogP contribution in [0.1, 0.15) is 58.3 Å². The molecule has 17 heavy (non-hydrogen) atoms. The highest BCUT2D eigenvalue weighted by Gasteiger charge is 2.10. The number of unbranched alkanes of at least 4 members (excludes halogenated alkanes) is 6. The minimum atomic E-state index is -4.35. The third-order valence-corrected chi connectivity index (χ3v) is 3.30. The smallest absolute Gasteiger partial charge is 0.264 e. The standard InChI is InChI=1S/C11H23ClO4S/c1-2-3-4-5-6-7-8-9-11(12)10-16-17(13,14)15/h11H,2-10H2,1H3,(H,13,14,15). The first-order valence-electron chi connectivity index (χ1n) is 6.21. The average molecular weight is 287 g/mol. The van der Waals surface area contributed by atoms with Gasteiger partial charge in [-0.2, -0.15) is 8.42 Å². The van der Waals surface area contributed by atoms with Crippen LogP contribution in [-0.4, -0.2) is 25.0 Å². The molecule has 0 spiro atoms. The lowest BCUT2D eigenvalue weighted by Crippen LogP contribution is -2.13. The Morgan fingerprint density at radius 3 is 2.18 bits per heavy atom. The molecule has 0 amide bonds. The molecule has 0 aliphatic rings. The van der Waals surface area contributed by atoms with Crippen molar-refractivity contribution in [3.63, 3.8) is 0 Å². The minimum Gasteiger partial charge on any atom is -0.264 e. The molecule has 0 heterocycles. The van der Waals surface area contributed by atoms with Crippen molar-refractivity contribution in [3.8, 4) is 0 Å². The number of rotatable bonds is 11. The van der Waals surface area contributed by atoms with Gasteiger partial charge in [0.15, 0.2) is 0 Å². The van der Waals surface area contributed by atoms with Gasteiger partial charge in [0, 0.05) is 0 Å². The van der Waals surface area contributed by atoms with Gasteiger partial charge < -0.3 is 0 Å². The molecular formula is C11H23ClO4S. The molecule has 0 radical (unpaired) electrons. The van der Waals surface area contributed by atoms with E-state index >= 15 is 0 Å². The fraction of sp³-hybridized carbons (Fsp3) is 1.00. The molecule has 1 unspecified atom stereocenters. The first-order chi connectivity index (χ1) is 7.95. The Bertz CT molecular complexity index is 267. The summed E-state index contributed by atoms with van der Waals surface area (Å²) in [6.07, 6.45) is 9.06.